The molecular formula is C16H18ClNO2. The van der Waals surface area contributed by atoms with Crippen molar-refractivity contribution < 1.29 is 9.47 Å². The van der Waals surface area contributed by atoms with Crippen molar-refractivity contribution in [2.45, 2.75) is 19.4 Å². The Hall–Kier alpha value is -1.71. The molecule has 2 N–H and O–H groups in total. The van der Waals surface area contributed by atoms with Gasteiger partial charge in [-0.1, -0.05) is 29.8 Å². The Morgan fingerprint density at radius 1 is 1.10 bits per heavy atom. The predicted molar refractivity (Wildman–Crippen MR) is 81.9 cm³/mol. The highest BCUT2D eigenvalue weighted by atomic mass is 35.5. The second kappa shape index (κ2) is 6.64. The van der Waals surface area contributed by atoms with Crippen molar-refractivity contribution in [3.05, 3.63) is 53.1 Å². The minimum atomic E-state index is 0.0520. The van der Waals surface area contributed by atoms with Crippen molar-refractivity contribution in [2.24, 2.45) is 5.73 Å². The molecule has 0 fully saturated rings. The zero-order chi connectivity index (χ0) is 14.5. The fraction of sp³-hybridized carbons (Fsp3) is 0.250. The van der Waals surface area contributed by atoms with E-state index in [0.29, 0.717) is 22.3 Å². The minimum absolute atomic E-state index is 0.0520. The number of benzene rings is 2. The molecule has 0 bridgehead atoms. The van der Waals surface area contributed by atoms with Gasteiger partial charge in [-0.15, -0.1) is 0 Å². The van der Waals surface area contributed by atoms with Crippen LogP contribution in [0.15, 0.2) is 42.5 Å². The van der Waals surface area contributed by atoms with Crippen LogP contribution in [0.25, 0.3) is 0 Å². The number of rotatable bonds is 5. The second-order valence-corrected chi connectivity index (χ2v) is 5.12. The van der Waals surface area contributed by atoms with Gasteiger partial charge in [0.2, 0.25) is 0 Å². The molecule has 4 heteroatoms. The molecule has 0 aliphatic rings. The minimum Gasteiger partial charge on any atom is -0.493 e. The molecule has 1 atom stereocenters. The van der Waals surface area contributed by atoms with Gasteiger partial charge in [0.05, 0.1) is 7.11 Å². The summed E-state index contributed by atoms with van der Waals surface area (Å²) in [7, 11) is 1.61. The molecule has 0 heterocycles. The van der Waals surface area contributed by atoms with E-state index in [9.17, 15) is 0 Å². The molecule has 0 saturated carbocycles. The van der Waals surface area contributed by atoms with E-state index >= 15 is 0 Å². The summed E-state index contributed by atoms with van der Waals surface area (Å²) in [6.45, 7) is 1.96. The van der Waals surface area contributed by atoms with Crippen LogP contribution >= 0.6 is 11.6 Å². The number of methoxy groups -OCH3 is 1. The van der Waals surface area contributed by atoms with Gasteiger partial charge in [-0.2, -0.15) is 0 Å². The fourth-order valence-corrected chi connectivity index (χ4v) is 2.12. The molecule has 0 radical (unpaired) electrons. The first-order chi connectivity index (χ1) is 9.60. The average Bonchev–Trinajstić information content (AvgIpc) is 2.42. The topological polar surface area (TPSA) is 44.5 Å². The van der Waals surface area contributed by atoms with Gasteiger partial charge >= 0.3 is 0 Å². The highest BCUT2D eigenvalue weighted by Gasteiger charge is 2.10. The standard InChI is InChI=1S/C16H18ClNO2/c1-11(18)9-12-7-8-13(17)10-16(12)20-15-6-4-3-5-14(15)19-2/h3-8,10-11H,9,18H2,1-2H3. The third-order valence-corrected chi connectivity index (χ3v) is 3.10. The van der Waals surface area contributed by atoms with Gasteiger partial charge in [-0.05, 0) is 43.2 Å². The molecule has 1 unspecified atom stereocenters. The van der Waals surface area contributed by atoms with E-state index in [1.165, 1.54) is 0 Å². The molecule has 0 saturated heterocycles. The molecule has 3 nitrogen and oxygen atoms in total. The number of para-hydroxylation sites is 2. The molecule has 106 valence electrons. The lowest BCUT2D eigenvalue weighted by Crippen LogP contribution is -2.18. The van der Waals surface area contributed by atoms with Gasteiger partial charge in [-0.25, -0.2) is 0 Å². The normalized spacial score (nSPS) is 12.0. The van der Waals surface area contributed by atoms with Crippen molar-refractivity contribution in [2.75, 3.05) is 7.11 Å². The van der Waals surface area contributed by atoms with Crippen LogP contribution in [-0.4, -0.2) is 13.2 Å². The molecule has 2 rings (SSSR count). The van der Waals surface area contributed by atoms with Gasteiger partial charge in [-0.3, -0.25) is 0 Å². The third-order valence-electron chi connectivity index (χ3n) is 2.86. The summed E-state index contributed by atoms with van der Waals surface area (Å²) >= 11 is 6.05. The van der Waals surface area contributed by atoms with Gasteiger partial charge in [0, 0.05) is 11.1 Å². The Morgan fingerprint density at radius 3 is 2.45 bits per heavy atom. The van der Waals surface area contributed by atoms with E-state index in [4.69, 9.17) is 26.8 Å². The Labute approximate surface area is 124 Å². The third kappa shape index (κ3) is 3.65. The number of hydrogen-bond donors (Lipinski definition) is 1. The number of ether oxygens (including phenoxy) is 2. The van der Waals surface area contributed by atoms with Crippen molar-refractivity contribution in [1.29, 1.82) is 0 Å². The van der Waals surface area contributed by atoms with Crippen LogP contribution in [-0.2, 0) is 6.42 Å². The highest BCUT2D eigenvalue weighted by Crippen LogP contribution is 2.34. The van der Waals surface area contributed by atoms with Gasteiger partial charge in [0.25, 0.3) is 0 Å². The van der Waals surface area contributed by atoms with Crippen LogP contribution in [0, 0.1) is 0 Å². The van der Waals surface area contributed by atoms with E-state index in [0.717, 1.165) is 12.0 Å². The van der Waals surface area contributed by atoms with Crippen LogP contribution < -0.4 is 15.2 Å². The lowest BCUT2D eigenvalue weighted by Gasteiger charge is -2.15. The molecular weight excluding hydrogens is 274 g/mol. The Bertz CT molecular complexity index is 584. The number of nitrogens with two attached hydrogens (primary N) is 1. The van der Waals surface area contributed by atoms with Crippen molar-refractivity contribution in [1.82, 2.24) is 0 Å². The lowest BCUT2D eigenvalue weighted by molar-refractivity contribution is 0.377. The van der Waals surface area contributed by atoms with E-state index in [2.05, 4.69) is 0 Å². The molecule has 2 aromatic rings. The molecule has 0 aromatic heterocycles. The molecule has 20 heavy (non-hydrogen) atoms. The monoisotopic (exact) mass is 291 g/mol. The van der Waals surface area contributed by atoms with Crippen LogP contribution in [0.4, 0.5) is 0 Å². The van der Waals surface area contributed by atoms with Crippen LogP contribution in [0.2, 0.25) is 5.02 Å². The Balaban J connectivity index is 2.34. The highest BCUT2D eigenvalue weighted by molar-refractivity contribution is 6.30. The number of halogens is 1. The first-order valence-corrected chi connectivity index (χ1v) is 6.83. The summed E-state index contributed by atoms with van der Waals surface area (Å²) in [5, 5.41) is 0.628. The SMILES string of the molecule is COc1ccccc1Oc1cc(Cl)ccc1CC(C)N. The maximum Gasteiger partial charge on any atom is 0.169 e. The van der Waals surface area contributed by atoms with Gasteiger partial charge < -0.3 is 15.2 Å². The average molecular weight is 292 g/mol. The van der Waals surface area contributed by atoms with E-state index < -0.39 is 0 Å². The summed E-state index contributed by atoms with van der Waals surface area (Å²) in [6.07, 6.45) is 0.724. The van der Waals surface area contributed by atoms with E-state index in [1.807, 2.05) is 43.3 Å². The summed E-state index contributed by atoms with van der Waals surface area (Å²) < 4.78 is 11.2. The van der Waals surface area contributed by atoms with E-state index in [1.54, 1.807) is 13.2 Å². The summed E-state index contributed by atoms with van der Waals surface area (Å²) in [5.74, 6) is 2.04. The quantitative estimate of drug-likeness (QED) is 0.904. The Morgan fingerprint density at radius 2 is 1.80 bits per heavy atom. The first kappa shape index (κ1) is 14.7. The zero-order valence-corrected chi connectivity index (χ0v) is 12.4. The Kier molecular flexibility index (Phi) is 4.88. The maximum atomic E-state index is 6.05. The summed E-state index contributed by atoms with van der Waals surface area (Å²) in [4.78, 5) is 0. The lowest BCUT2D eigenvalue weighted by atomic mass is 10.1. The molecule has 0 aliphatic carbocycles. The van der Waals surface area contributed by atoms with Gasteiger partial charge in [0.1, 0.15) is 5.75 Å². The summed E-state index contributed by atoms with van der Waals surface area (Å²) in [6, 6.07) is 13.1. The van der Waals surface area contributed by atoms with Crippen molar-refractivity contribution in [3.8, 4) is 17.2 Å². The smallest absolute Gasteiger partial charge is 0.169 e. The molecule has 0 spiro atoms. The molecule has 0 aliphatic heterocycles. The van der Waals surface area contributed by atoms with Gasteiger partial charge in [0.15, 0.2) is 11.5 Å². The predicted octanol–water partition coefficient (Wildman–Crippen LogP) is 4.03. The van der Waals surface area contributed by atoms with Crippen LogP contribution in [0.5, 0.6) is 17.2 Å². The largest absolute Gasteiger partial charge is 0.493 e. The van der Waals surface area contributed by atoms with Crippen molar-refractivity contribution in [3.63, 3.8) is 0 Å². The van der Waals surface area contributed by atoms with Crippen molar-refractivity contribution >= 4 is 11.6 Å². The second-order valence-electron chi connectivity index (χ2n) is 4.69. The first-order valence-electron chi connectivity index (χ1n) is 6.45. The molecule has 0 amide bonds. The maximum absolute atomic E-state index is 6.05. The van der Waals surface area contributed by atoms with E-state index in [-0.39, 0.29) is 6.04 Å². The van der Waals surface area contributed by atoms with Crippen LogP contribution in [0.3, 0.4) is 0 Å². The van der Waals surface area contributed by atoms with Crippen LogP contribution in [0.1, 0.15) is 12.5 Å². The fourth-order valence-electron chi connectivity index (χ4n) is 1.96. The zero-order valence-electron chi connectivity index (χ0n) is 11.6. The molecule has 2 aromatic carbocycles. The summed E-state index contributed by atoms with van der Waals surface area (Å²) in [5.41, 5.74) is 6.89. The number of hydrogen-bond acceptors (Lipinski definition) is 3.